The number of benzene rings is 3. The predicted octanol–water partition coefficient (Wildman–Crippen LogP) is 6.64. The molecule has 3 heterocycles. The molecule has 0 aliphatic carbocycles. The highest BCUT2D eigenvalue weighted by Crippen LogP contribution is 2.26. The zero-order valence-electron chi connectivity index (χ0n) is 25.5. The van der Waals surface area contributed by atoms with Gasteiger partial charge in [0.15, 0.2) is 0 Å². The second-order valence-electron chi connectivity index (χ2n) is 12.1. The number of phenolic OH excluding ortho intramolecular Hbond substituents is 1. The highest BCUT2D eigenvalue weighted by Gasteiger charge is 2.22. The molecule has 2 aliphatic heterocycles. The van der Waals surface area contributed by atoms with Crippen LogP contribution in [0.1, 0.15) is 64.1 Å². The summed E-state index contributed by atoms with van der Waals surface area (Å²) in [5.74, 6) is 2.11. The minimum absolute atomic E-state index is 0.0179. The van der Waals surface area contributed by atoms with Gasteiger partial charge in [0, 0.05) is 43.9 Å². The van der Waals surface area contributed by atoms with E-state index in [9.17, 15) is 9.90 Å². The number of carbonyl (C=O) groups excluding carboxylic acids is 1. The molecule has 1 aromatic heterocycles. The molecule has 4 aromatic rings. The molecule has 0 radical (unpaired) electrons. The second-order valence-corrected chi connectivity index (χ2v) is 12.1. The lowest BCUT2D eigenvalue weighted by Gasteiger charge is -2.29. The van der Waals surface area contributed by atoms with Gasteiger partial charge in [0.05, 0.1) is 19.4 Å². The number of rotatable bonds is 12. The number of carbonyl (C=O) groups is 1. The third-order valence-electron chi connectivity index (χ3n) is 8.75. The lowest BCUT2D eigenvalue weighted by atomic mass is 9.98. The maximum Gasteiger partial charge on any atom is 0.254 e. The number of hydrogen-bond acceptors (Lipinski definition) is 6. The monoisotopic (exact) mass is 593 g/mol. The summed E-state index contributed by atoms with van der Waals surface area (Å²) in [7, 11) is 0. The fourth-order valence-electron chi connectivity index (χ4n) is 6.37. The Morgan fingerprint density at radius 1 is 0.864 bits per heavy atom. The Bertz CT molecular complexity index is 1500. The number of likely N-dealkylation sites (tertiary alicyclic amines) is 1. The number of fused-ring (bicyclic) bond motifs is 1. The molecule has 230 valence electrons. The number of ether oxygens (including phenoxy) is 1. The summed E-state index contributed by atoms with van der Waals surface area (Å²) in [6.45, 7) is 7.51. The van der Waals surface area contributed by atoms with E-state index in [0.29, 0.717) is 44.9 Å². The average molecular weight is 594 g/mol. The number of nitrogens with zero attached hydrogens (tertiary/aromatic N) is 3. The zero-order valence-corrected chi connectivity index (χ0v) is 25.5. The van der Waals surface area contributed by atoms with Gasteiger partial charge in [-0.3, -0.25) is 9.69 Å². The molecule has 1 N–H and O–H groups in total. The fourth-order valence-corrected chi connectivity index (χ4v) is 6.37. The Hall–Kier alpha value is -4.07. The van der Waals surface area contributed by atoms with Crippen LogP contribution in [0.5, 0.6) is 11.5 Å². The van der Waals surface area contributed by atoms with Gasteiger partial charge < -0.3 is 24.1 Å². The zero-order chi connectivity index (χ0) is 30.1. The molecule has 0 saturated carbocycles. The second kappa shape index (κ2) is 14.6. The summed E-state index contributed by atoms with van der Waals surface area (Å²) >= 11 is 0. The highest BCUT2D eigenvalue weighted by atomic mass is 16.5. The fraction of sp³-hybridized carbons (Fsp3) is 0.378. The summed E-state index contributed by atoms with van der Waals surface area (Å²) in [4.78, 5) is 20.1. The van der Waals surface area contributed by atoms with Crippen LogP contribution >= 0.6 is 0 Å². The Morgan fingerprint density at radius 2 is 1.70 bits per heavy atom. The molecular formula is C37H43N3O4. The van der Waals surface area contributed by atoms with Gasteiger partial charge in [-0.2, -0.15) is 0 Å². The topological polar surface area (TPSA) is 69.4 Å². The van der Waals surface area contributed by atoms with E-state index < -0.39 is 0 Å². The van der Waals surface area contributed by atoms with Crippen LogP contribution in [-0.4, -0.2) is 58.5 Å². The molecule has 1 fully saturated rings. The largest absolute Gasteiger partial charge is 0.508 e. The van der Waals surface area contributed by atoms with Crippen molar-refractivity contribution in [2.75, 3.05) is 32.8 Å². The van der Waals surface area contributed by atoms with E-state index >= 15 is 0 Å². The van der Waals surface area contributed by atoms with Crippen LogP contribution in [0.15, 0.2) is 89.5 Å². The molecule has 44 heavy (non-hydrogen) atoms. The van der Waals surface area contributed by atoms with E-state index in [1.165, 1.54) is 37.9 Å². The maximum atomic E-state index is 13.3. The Balaban J connectivity index is 1.09. The molecule has 3 aromatic carbocycles. The van der Waals surface area contributed by atoms with Crippen molar-refractivity contribution >= 4 is 5.91 Å². The number of para-hydroxylation sites is 1. The van der Waals surface area contributed by atoms with E-state index in [-0.39, 0.29) is 11.7 Å². The Morgan fingerprint density at radius 3 is 2.52 bits per heavy atom. The normalized spacial score (nSPS) is 15.3. The SMILES string of the molecule is O=C(c1ccc(CN(Cc2ccco2)Cc2ccccc2OCCCN2CCCCC2)cc1)N1CCc2ccc(O)cc2C1. The van der Waals surface area contributed by atoms with Crippen LogP contribution in [-0.2, 0) is 32.6 Å². The third kappa shape index (κ3) is 7.90. The molecular weight excluding hydrogens is 550 g/mol. The van der Waals surface area contributed by atoms with Crippen molar-refractivity contribution in [3.05, 3.63) is 119 Å². The molecule has 7 nitrogen and oxygen atoms in total. The van der Waals surface area contributed by atoms with Crippen LogP contribution < -0.4 is 4.74 Å². The van der Waals surface area contributed by atoms with Gasteiger partial charge in [-0.25, -0.2) is 0 Å². The summed E-state index contributed by atoms with van der Waals surface area (Å²) in [6, 6.07) is 25.7. The number of phenols is 1. The molecule has 0 spiro atoms. The molecule has 7 heteroatoms. The van der Waals surface area contributed by atoms with E-state index in [2.05, 4.69) is 40.1 Å². The van der Waals surface area contributed by atoms with Crippen LogP contribution in [0.25, 0.3) is 0 Å². The number of piperidine rings is 1. The first-order valence-corrected chi connectivity index (χ1v) is 16.0. The van der Waals surface area contributed by atoms with Crippen molar-refractivity contribution in [3.8, 4) is 11.5 Å². The summed E-state index contributed by atoms with van der Waals surface area (Å²) in [6.07, 6.45) is 7.53. The van der Waals surface area contributed by atoms with E-state index in [4.69, 9.17) is 9.15 Å². The van der Waals surface area contributed by atoms with Gasteiger partial charge in [-0.05, 0) is 97.9 Å². The quantitative estimate of drug-likeness (QED) is 0.186. The van der Waals surface area contributed by atoms with Crippen LogP contribution in [0.2, 0.25) is 0 Å². The average Bonchev–Trinajstić information content (AvgIpc) is 3.57. The van der Waals surface area contributed by atoms with Crippen LogP contribution in [0.4, 0.5) is 0 Å². The molecule has 0 bridgehead atoms. The maximum absolute atomic E-state index is 13.3. The van der Waals surface area contributed by atoms with Gasteiger partial charge in [-0.15, -0.1) is 0 Å². The summed E-state index contributed by atoms with van der Waals surface area (Å²) in [5, 5.41) is 9.89. The summed E-state index contributed by atoms with van der Waals surface area (Å²) < 4.78 is 12.0. The first-order chi connectivity index (χ1) is 21.6. The Labute approximate surface area is 260 Å². The predicted molar refractivity (Wildman–Crippen MR) is 171 cm³/mol. The van der Waals surface area contributed by atoms with Crippen molar-refractivity contribution in [2.24, 2.45) is 0 Å². The molecule has 6 rings (SSSR count). The van der Waals surface area contributed by atoms with Gasteiger partial charge in [-0.1, -0.05) is 42.8 Å². The first-order valence-electron chi connectivity index (χ1n) is 16.0. The molecule has 1 amide bonds. The lowest BCUT2D eigenvalue weighted by Crippen LogP contribution is -2.35. The van der Waals surface area contributed by atoms with E-state index in [1.54, 1.807) is 18.4 Å². The van der Waals surface area contributed by atoms with Crippen molar-refractivity contribution in [1.29, 1.82) is 0 Å². The van der Waals surface area contributed by atoms with Crippen LogP contribution in [0, 0.1) is 0 Å². The summed E-state index contributed by atoms with van der Waals surface area (Å²) in [5.41, 5.74) is 5.17. The van der Waals surface area contributed by atoms with Crippen molar-refractivity contribution in [1.82, 2.24) is 14.7 Å². The van der Waals surface area contributed by atoms with Gasteiger partial charge >= 0.3 is 0 Å². The van der Waals surface area contributed by atoms with E-state index in [1.807, 2.05) is 41.3 Å². The minimum atomic E-state index is 0.0179. The number of hydrogen-bond donors (Lipinski definition) is 1. The Kier molecular flexibility index (Phi) is 9.95. The first kappa shape index (κ1) is 30.0. The molecule has 1 saturated heterocycles. The van der Waals surface area contributed by atoms with Crippen molar-refractivity contribution in [2.45, 2.75) is 58.3 Å². The standard InChI is InChI=1S/C37H43N3O4/c41-34-16-15-30-17-21-40(27-33(30)24-34)37(42)31-13-11-29(12-14-31)25-39(28-35-9-6-22-43-35)26-32-8-2-3-10-36(32)44-23-7-20-38-18-4-1-5-19-38/h2-3,6,8-16,22,24,41H,1,4-5,7,17-21,23,25-28H2. The van der Waals surface area contributed by atoms with Crippen molar-refractivity contribution < 1.29 is 19.1 Å². The lowest BCUT2D eigenvalue weighted by molar-refractivity contribution is 0.0734. The van der Waals surface area contributed by atoms with Gasteiger partial charge in [0.25, 0.3) is 5.91 Å². The number of amides is 1. The molecule has 0 unspecified atom stereocenters. The van der Waals surface area contributed by atoms with Crippen LogP contribution in [0.3, 0.4) is 0 Å². The third-order valence-corrected chi connectivity index (χ3v) is 8.75. The smallest absolute Gasteiger partial charge is 0.254 e. The number of furan rings is 1. The molecule has 2 aliphatic rings. The number of aromatic hydroxyl groups is 1. The van der Waals surface area contributed by atoms with Gasteiger partial charge in [0.1, 0.15) is 17.3 Å². The highest BCUT2D eigenvalue weighted by molar-refractivity contribution is 5.94. The van der Waals surface area contributed by atoms with E-state index in [0.717, 1.165) is 47.6 Å². The van der Waals surface area contributed by atoms with Gasteiger partial charge in [0.2, 0.25) is 0 Å². The minimum Gasteiger partial charge on any atom is -0.508 e. The van der Waals surface area contributed by atoms with Crippen molar-refractivity contribution in [3.63, 3.8) is 0 Å². The molecule has 0 atom stereocenters.